The zero-order chi connectivity index (χ0) is 21.0. The van der Waals surface area contributed by atoms with Crippen LogP contribution in [0.1, 0.15) is 28.8 Å². The van der Waals surface area contributed by atoms with Gasteiger partial charge in [-0.2, -0.15) is 5.10 Å². The quantitative estimate of drug-likeness (QED) is 0.662. The number of carbonyl (C=O) groups excluding carboxylic acids is 3. The number of aryl methyl sites for hydroxylation is 2. The van der Waals surface area contributed by atoms with Crippen LogP contribution in [-0.2, 0) is 30.2 Å². The number of imide groups is 1. The maximum absolute atomic E-state index is 12.9. The molecule has 5 rings (SSSR count). The van der Waals surface area contributed by atoms with E-state index in [1.54, 1.807) is 28.2 Å². The molecule has 2 aliphatic rings. The number of nitrogens with one attached hydrogen (secondary N) is 1. The van der Waals surface area contributed by atoms with E-state index in [0.29, 0.717) is 18.5 Å². The predicted molar refractivity (Wildman–Crippen MR) is 107 cm³/mol. The van der Waals surface area contributed by atoms with Crippen LogP contribution in [0.3, 0.4) is 0 Å². The third-order valence-electron chi connectivity index (χ3n) is 5.80. The zero-order valence-corrected chi connectivity index (χ0v) is 16.6. The average Bonchev–Trinajstić information content (AvgIpc) is 3.39. The lowest BCUT2D eigenvalue weighted by Gasteiger charge is -2.29. The van der Waals surface area contributed by atoms with Crippen molar-refractivity contribution < 1.29 is 14.4 Å². The third-order valence-corrected chi connectivity index (χ3v) is 5.80. The molecule has 0 bridgehead atoms. The van der Waals surface area contributed by atoms with Crippen LogP contribution in [0, 0.1) is 0 Å². The highest BCUT2D eigenvalue weighted by atomic mass is 16.2. The number of fused-ring (bicyclic) bond motifs is 1. The fraction of sp³-hybridized carbons (Fsp3) is 0.286. The number of benzene rings is 1. The second-order valence-electron chi connectivity index (χ2n) is 7.66. The second-order valence-corrected chi connectivity index (χ2v) is 7.66. The molecular weight excluding hydrogens is 384 g/mol. The third kappa shape index (κ3) is 2.73. The molecule has 3 aromatic rings. The van der Waals surface area contributed by atoms with Crippen LogP contribution in [0.4, 0.5) is 0 Å². The molecule has 152 valence electrons. The Morgan fingerprint density at radius 1 is 1.13 bits per heavy atom. The van der Waals surface area contributed by atoms with Gasteiger partial charge in [0.1, 0.15) is 6.04 Å². The van der Waals surface area contributed by atoms with Crippen LogP contribution in [0.5, 0.6) is 0 Å². The highest BCUT2D eigenvalue weighted by Crippen LogP contribution is 2.34. The maximum atomic E-state index is 12.9. The number of hydrogen-bond acceptors (Lipinski definition) is 5. The first-order valence-corrected chi connectivity index (χ1v) is 9.71. The monoisotopic (exact) mass is 404 g/mol. The van der Waals surface area contributed by atoms with Crippen LogP contribution in [0.15, 0.2) is 36.8 Å². The van der Waals surface area contributed by atoms with Crippen molar-refractivity contribution in [2.45, 2.75) is 25.4 Å². The SMILES string of the molecule is Cn1cnc(-c2ccc3c(c2)CN(C2CCC(=O)NC2=O)C3=O)c1-c1ccnn1C. The zero-order valence-electron chi connectivity index (χ0n) is 16.6. The second kappa shape index (κ2) is 6.65. The predicted octanol–water partition coefficient (Wildman–Crippen LogP) is 1.25. The summed E-state index contributed by atoms with van der Waals surface area (Å²) in [4.78, 5) is 42.7. The van der Waals surface area contributed by atoms with Crippen LogP contribution in [0.2, 0.25) is 0 Å². The van der Waals surface area contributed by atoms with Crippen molar-refractivity contribution in [1.29, 1.82) is 0 Å². The first kappa shape index (κ1) is 18.3. The fourth-order valence-electron chi connectivity index (χ4n) is 4.27. The van der Waals surface area contributed by atoms with Gasteiger partial charge in [-0.15, -0.1) is 0 Å². The van der Waals surface area contributed by atoms with Gasteiger partial charge in [-0.3, -0.25) is 24.4 Å². The van der Waals surface area contributed by atoms with E-state index in [0.717, 1.165) is 28.2 Å². The minimum Gasteiger partial charge on any atom is -0.332 e. The van der Waals surface area contributed by atoms with Gasteiger partial charge in [-0.05, 0) is 30.2 Å². The minimum absolute atomic E-state index is 0.182. The van der Waals surface area contributed by atoms with Gasteiger partial charge in [0.2, 0.25) is 11.8 Å². The first-order chi connectivity index (χ1) is 14.4. The largest absolute Gasteiger partial charge is 0.332 e. The average molecular weight is 404 g/mol. The Morgan fingerprint density at radius 3 is 2.70 bits per heavy atom. The number of piperidine rings is 1. The van der Waals surface area contributed by atoms with Crippen molar-refractivity contribution in [1.82, 2.24) is 29.5 Å². The molecule has 3 amide bonds. The van der Waals surface area contributed by atoms with Crippen molar-refractivity contribution in [2.24, 2.45) is 14.1 Å². The van der Waals surface area contributed by atoms with E-state index in [4.69, 9.17) is 0 Å². The lowest BCUT2D eigenvalue weighted by molar-refractivity contribution is -0.136. The van der Waals surface area contributed by atoms with Crippen LogP contribution < -0.4 is 5.32 Å². The van der Waals surface area contributed by atoms with E-state index in [9.17, 15) is 14.4 Å². The van der Waals surface area contributed by atoms with Gasteiger partial charge in [0.05, 0.1) is 23.4 Å². The molecule has 0 radical (unpaired) electrons. The lowest BCUT2D eigenvalue weighted by Crippen LogP contribution is -2.52. The summed E-state index contributed by atoms with van der Waals surface area (Å²) in [6, 6.07) is 6.95. The molecule has 2 aromatic heterocycles. The molecule has 2 aliphatic heterocycles. The molecule has 1 N–H and O–H groups in total. The summed E-state index contributed by atoms with van der Waals surface area (Å²) >= 11 is 0. The molecule has 9 nitrogen and oxygen atoms in total. The summed E-state index contributed by atoms with van der Waals surface area (Å²) in [5, 5.41) is 6.58. The van der Waals surface area contributed by atoms with Crippen molar-refractivity contribution in [3.63, 3.8) is 0 Å². The van der Waals surface area contributed by atoms with Gasteiger partial charge in [0.25, 0.3) is 5.91 Å². The van der Waals surface area contributed by atoms with Crippen molar-refractivity contribution in [3.05, 3.63) is 47.9 Å². The molecule has 0 saturated carbocycles. The Bertz CT molecular complexity index is 1210. The van der Waals surface area contributed by atoms with Crippen molar-refractivity contribution >= 4 is 17.7 Å². The van der Waals surface area contributed by atoms with E-state index in [-0.39, 0.29) is 18.2 Å². The molecule has 4 heterocycles. The lowest BCUT2D eigenvalue weighted by atomic mass is 10.0. The van der Waals surface area contributed by atoms with Crippen molar-refractivity contribution in [3.8, 4) is 22.6 Å². The smallest absolute Gasteiger partial charge is 0.255 e. The Hall–Kier alpha value is -3.75. The molecule has 0 aliphatic carbocycles. The fourth-order valence-corrected chi connectivity index (χ4v) is 4.27. The Morgan fingerprint density at radius 2 is 1.97 bits per heavy atom. The Labute approximate surface area is 172 Å². The summed E-state index contributed by atoms with van der Waals surface area (Å²) in [5.41, 5.74) is 5.00. The van der Waals surface area contributed by atoms with Gasteiger partial charge in [-0.25, -0.2) is 4.98 Å². The molecule has 1 unspecified atom stereocenters. The number of amides is 3. The number of carbonyl (C=O) groups is 3. The Kier molecular flexibility index (Phi) is 4.05. The summed E-state index contributed by atoms with van der Waals surface area (Å²) < 4.78 is 3.74. The van der Waals surface area contributed by atoms with Crippen LogP contribution in [0.25, 0.3) is 22.6 Å². The molecule has 1 fully saturated rings. The van der Waals surface area contributed by atoms with E-state index in [2.05, 4.69) is 15.4 Å². The minimum atomic E-state index is -0.620. The molecule has 30 heavy (non-hydrogen) atoms. The van der Waals surface area contributed by atoms with Gasteiger partial charge >= 0.3 is 0 Å². The van der Waals surface area contributed by atoms with Crippen LogP contribution >= 0.6 is 0 Å². The van der Waals surface area contributed by atoms with E-state index in [1.165, 1.54) is 0 Å². The molecule has 0 spiro atoms. The maximum Gasteiger partial charge on any atom is 0.255 e. The van der Waals surface area contributed by atoms with Crippen molar-refractivity contribution in [2.75, 3.05) is 0 Å². The van der Waals surface area contributed by atoms with Crippen LogP contribution in [-0.4, -0.2) is 48.0 Å². The van der Waals surface area contributed by atoms with E-state index in [1.807, 2.05) is 36.9 Å². The van der Waals surface area contributed by atoms with Gasteiger partial charge in [-0.1, -0.05) is 6.07 Å². The molecule has 9 heteroatoms. The normalized spacial score (nSPS) is 18.7. The standard InChI is InChI=1S/C21H20N6O3/c1-25-11-22-18(19(25)15-7-8-23-26(15)2)12-3-4-14-13(9-12)10-27(21(14)30)16-5-6-17(28)24-20(16)29/h3-4,7-9,11,16H,5-6,10H2,1-2H3,(H,24,28,29). The van der Waals surface area contributed by atoms with Gasteiger partial charge in [0.15, 0.2) is 0 Å². The van der Waals surface area contributed by atoms with E-state index < -0.39 is 11.9 Å². The molecular formula is C21H20N6O3. The van der Waals surface area contributed by atoms with E-state index >= 15 is 0 Å². The highest BCUT2D eigenvalue weighted by Gasteiger charge is 2.39. The Balaban J connectivity index is 1.50. The van der Waals surface area contributed by atoms with Gasteiger partial charge in [0, 0.05) is 44.4 Å². The van der Waals surface area contributed by atoms with Gasteiger partial charge < -0.3 is 9.47 Å². The summed E-state index contributed by atoms with van der Waals surface area (Å²) in [5.74, 6) is -0.879. The summed E-state index contributed by atoms with van der Waals surface area (Å²) in [6.45, 7) is 0.335. The number of nitrogens with zero attached hydrogens (tertiary/aromatic N) is 5. The number of imidazole rings is 1. The summed E-state index contributed by atoms with van der Waals surface area (Å²) in [6.07, 6.45) is 4.09. The molecule has 1 saturated heterocycles. The molecule has 1 atom stereocenters. The first-order valence-electron chi connectivity index (χ1n) is 9.71. The number of aromatic nitrogens is 4. The highest BCUT2D eigenvalue weighted by molar-refractivity contribution is 6.05. The number of hydrogen-bond donors (Lipinski definition) is 1. The number of rotatable bonds is 3. The molecule has 1 aromatic carbocycles. The topological polar surface area (TPSA) is 102 Å². The summed E-state index contributed by atoms with van der Waals surface area (Å²) in [7, 11) is 3.81.